The lowest BCUT2D eigenvalue weighted by atomic mass is 9.93. The molecule has 4 aromatic rings. The van der Waals surface area contributed by atoms with Gasteiger partial charge in [-0.2, -0.15) is 0 Å². The fourth-order valence-electron chi connectivity index (χ4n) is 4.63. The highest BCUT2D eigenvalue weighted by molar-refractivity contribution is 6.15. The summed E-state index contributed by atoms with van der Waals surface area (Å²) in [7, 11) is 0. The zero-order valence-corrected chi connectivity index (χ0v) is 19.1. The quantitative estimate of drug-likeness (QED) is 0.343. The molecule has 0 radical (unpaired) electrons. The Morgan fingerprint density at radius 1 is 1.00 bits per heavy atom. The van der Waals surface area contributed by atoms with Crippen molar-refractivity contribution in [3.63, 3.8) is 0 Å². The highest BCUT2D eigenvalue weighted by atomic mass is 19.1. The Bertz CT molecular complexity index is 1380. The van der Waals surface area contributed by atoms with E-state index in [4.69, 9.17) is 4.99 Å². The van der Waals surface area contributed by atoms with Crippen LogP contribution in [0, 0.1) is 12.7 Å². The summed E-state index contributed by atoms with van der Waals surface area (Å²) >= 11 is 0. The van der Waals surface area contributed by atoms with E-state index in [1.165, 1.54) is 22.8 Å². The van der Waals surface area contributed by atoms with E-state index < -0.39 is 0 Å². The number of nitrogens with zero attached hydrogens (tertiary/aromatic N) is 1. The molecule has 0 aliphatic carbocycles. The summed E-state index contributed by atoms with van der Waals surface area (Å²) in [5.41, 5.74) is 9.84. The zero-order valence-electron chi connectivity index (χ0n) is 19.1. The van der Waals surface area contributed by atoms with Crippen molar-refractivity contribution in [1.82, 2.24) is 10.3 Å². The Hall–Kier alpha value is -3.50. The van der Waals surface area contributed by atoms with E-state index in [0.717, 1.165) is 58.5 Å². The van der Waals surface area contributed by atoms with Crippen LogP contribution in [-0.4, -0.2) is 30.3 Å². The predicted octanol–water partition coefficient (Wildman–Crippen LogP) is 6.52. The molecule has 0 bridgehead atoms. The second-order valence-corrected chi connectivity index (χ2v) is 8.50. The molecule has 1 aromatic heterocycles. The van der Waals surface area contributed by atoms with Crippen LogP contribution in [0.5, 0.6) is 0 Å². The van der Waals surface area contributed by atoms with Gasteiger partial charge in [-0.15, -0.1) is 0 Å². The number of hydrogen-bond donors (Lipinski definition) is 2. The van der Waals surface area contributed by atoms with Crippen LogP contribution in [-0.2, 0) is 0 Å². The largest absolute Gasteiger partial charge is 0.353 e. The summed E-state index contributed by atoms with van der Waals surface area (Å²) in [5.74, 6) is -0.229. The van der Waals surface area contributed by atoms with Crippen molar-refractivity contribution in [3.8, 4) is 11.1 Å². The first-order valence-corrected chi connectivity index (χ1v) is 11.6. The van der Waals surface area contributed by atoms with Gasteiger partial charge in [0.25, 0.3) is 0 Å². The Balaban J connectivity index is 1.63. The molecule has 0 atom stereocenters. The second kappa shape index (κ2) is 9.16. The van der Waals surface area contributed by atoms with Crippen LogP contribution in [0.2, 0.25) is 0 Å². The number of hydrogen-bond acceptors (Lipinski definition) is 2. The van der Waals surface area contributed by atoms with Crippen LogP contribution < -0.4 is 5.32 Å². The van der Waals surface area contributed by atoms with E-state index in [1.807, 2.05) is 18.2 Å². The van der Waals surface area contributed by atoms with Crippen LogP contribution in [0.4, 0.5) is 4.39 Å². The number of aryl methyl sites for hydroxylation is 1. The van der Waals surface area contributed by atoms with Crippen molar-refractivity contribution in [2.75, 3.05) is 19.6 Å². The second-order valence-electron chi connectivity index (χ2n) is 8.50. The van der Waals surface area contributed by atoms with Gasteiger partial charge in [0.2, 0.25) is 0 Å². The molecule has 0 unspecified atom stereocenters. The molecule has 1 aliphatic heterocycles. The first-order valence-electron chi connectivity index (χ1n) is 11.6. The van der Waals surface area contributed by atoms with E-state index in [2.05, 4.69) is 60.6 Å². The molecule has 4 heteroatoms. The molecule has 0 fully saturated rings. The van der Waals surface area contributed by atoms with Gasteiger partial charge in [0.1, 0.15) is 5.82 Å². The first-order chi connectivity index (χ1) is 16.1. The van der Waals surface area contributed by atoms with Crippen LogP contribution in [0.15, 0.2) is 77.8 Å². The SMILES string of the molecule is CC/N=C(/c1cc2c(-c3cccc(F)c3)cccc2[nH]1)c1cc(C2=CCNCC2)ccc1C. The Labute approximate surface area is 194 Å². The van der Waals surface area contributed by atoms with E-state index in [0.29, 0.717) is 6.54 Å². The molecule has 0 amide bonds. The minimum Gasteiger partial charge on any atom is -0.353 e. The fourth-order valence-corrected chi connectivity index (χ4v) is 4.63. The third kappa shape index (κ3) is 4.27. The van der Waals surface area contributed by atoms with E-state index in [-0.39, 0.29) is 5.82 Å². The summed E-state index contributed by atoms with van der Waals surface area (Å²) in [6, 6.07) is 21.7. The summed E-state index contributed by atoms with van der Waals surface area (Å²) < 4.78 is 13.9. The first kappa shape index (κ1) is 21.4. The molecule has 0 spiro atoms. The molecule has 3 nitrogen and oxygen atoms in total. The van der Waals surface area contributed by atoms with Crippen molar-refractivity contribution < 1.29 is 4.39 Å². The van der Waals surface area contributed by atoms with Crippen LogP contribution >= 0.6 is 0 Å². The minimum atomic E-state index is -0.229. The van der Waals surface area contributed by atoms with Crippen molar-refractivity contribution in [1.29, 1.82) is 0 Å². The number of fused-ring (bicyclic) bond motifs is 1. The molecule has 2 N–H and O–H groups in total. The maximum atomic E-state index is 13.9. The lowest BCUT2D eigenvalue weighted by Gasteiger charge is -2.17. The maximum Gasteiger partial charge on any atom is 0.123 e. The van der Waals surface area contributed by atoms with Crippen LogP contribution in [0.1, 0.15) is 35.7 Å². The normalized spacial score (nSPS) is 14.5. The highest BCUT2D eigenvalue weighted by Gasteiger charge is 2.16. The average Bonchev–Trinajstić information content (AvgIpc) is 3.28. The molecule has 3 aromatic carbocycles. The average molecular weight is 438 g/mol. The van der Waals surface area contributed by atoms with Gasteiger partial charge < -0.3 is 10.3 Å². The molecule has 5 rings (SSSR count). The summed E-state index contributed by atoms with van der Waals surface area (Å²) in [5, 5.41) is 4.45. The van der Waals surface area contributed by atoms with E-state index in [1.54, 1.807) is 12.1 Å². The van der Waals surface area contributed by atoms with E-state index >= 15 is 0 Å². The monoisotopic (exact) mass is 437 g/mol. The van der Waals surface area contributed by atoms with E-state index in [9.17, 15) is 4.39 Å². The van der Waals surface area contributed by atoms with Gasteiger partial charge in [-0.1, -0.05) is 42.5 Å². The van der Waals surface area contributed by atoms with Gasteiger partial charge in [-0.3, -0.25) is 4.99 Å². The van der Waals surface area contributed by atoms with Crippen molar-refractivity contribution >= 4 is 22.2 Å². The third-order valence-corrected chi connectivity index (χ3v) is 6.30. The topological polar surface area (TPSA) is 40.2 Å². The summed E-state index contributed by atoms with van der Waals surface area (Å²) in [6.07, 6.45) is 3.31. The van der Waals surface area contributed by atoms with Crippen molar-refractivity contribution in [2.45, 2.75) is 20.3 Å². The molecular formula is C29H28FN3. The molecule has 166 valence electrons. The molecule has 1 aliphatic rings. The Morgan fingerprint density at radius 3 is 2.67 bits per heavy atom. The number of aliphatic imine (C=N–C) groups is 1. The molecule has 0 saturated carbocycles. The van der Waals surface area contributed by atoms with Crippen LogP contribution in [0.25, 0.3) is 27.6 Å². The maximum absolute atomic E-state index is 13.9. The lowest BCUT2D eigenvalue weighted by Crippen LogP contribution is -2.20. The number of halogens is 1. The smallest absolute Gasteiger partial charge is 0.123 e. The van der Waals surface area contributed by atoms with Gasteiger partial charge in [0, 0.05) is 29.6 Å². The number of aromatic amines is 1. The van der Waals surface area contributed by atoms with Gasteiger partial charge in [0.15, 0.2) is 0 Å². The molecule has 2 heterocycles. The molecule has 33 heavy (non-hydrogen) atoms. The Kier molecular flexibility index (Phi) is 5.93. The van der Waals surface area contributed by atoms with Gasteiger partial charge in [0.05, 0.1) is 11.4 Å². The molecular weight excluding hydrogens is 409 g/mol. The predicted molar refractivity (Wildman–Crippen MR) is 137 cm³/mol. The number of benzene rings is 3. The minimum absolute atomic E-state index is 0.229. The number of rotatable bonds is 5. The van der Waals surface area contributed by atoms with Crippen molar-refractivity contribution in [3.05, 3.63) is 101 Å². The third-order valence-electron chi connectivity index (χ3n) is 6.30. The van der Waals surface area contributed by atoms with Gasteiger partial charge in [-0.05, 0) is 85.0 Å². The fraction of sp³-hybridized carbons (Fsp3) is 0.207. The lowest BCUT2D eigenvalue weighted by molar-refractivity contribution is 0.628. The standard InChI is InChI=1S/C29H28FN3/c1-3-32-29(25-17-21(11-10-19(25)2)20-12-14-31-15-13-20)28-18-26-24(8-5-9-27(26)33-28)22-6-4-7-23(30)16-22/h4-12,16-18,31,33H,3,13-15H2,1-2H3/b32-29+. The zero-order chi connectivity index (χ0) is 22.8. The van der Waals surface area contributed by atoms with Gasteiger partial charge >= 0.3 is 0 Å². The number of aromatic nitrogens is 1. The summed E-state index contributed by atoms with van der Waals surface area (Å²) in [6.45, 7) is 6.82. The number of H-pyrrole nitrogens is 1. The molecule has 0 saturated heterocycles. The van der Waals surface area contributed by atoms with Crippen LogP contribution in [0.3, 0.4) is 0 Å². The van der Waals surface area contributed by atoms with Crippen molar-refractivity contribution in [2.24, 2.45) is 4.99 Å². The number of nitrogens with one attached hydrogen (secondary N) is 2. The Morgan fingerprint density at radius 2 is 1.88 bits per heavy atom. The highest BCUT2D eigenvalue weighted by Crippen LogP contribution is 2.31. The summed E-state index contributed by atoms with van der Waals surface area (Å²) in [4.78, 5) is 8.50. The van der Waals surface area contributed by atoms with Gasteiger partial charge in [-0.25, -0.2) is 4.39 Å².